The molecular weight excluding hydrogens is 298 g/mol. The molecule has 2 rings (SSSR count). The predicted molar refractivity (Wildman–Crippen MR) is 73.9 cm³/mol. The molecule has 21 heavy (non-hydrogen) atoms. The van der Waals surface area contributed by atoms with E-state index in [4.69, 9.17) is 21.1 Å². The number of hydrogen-bond donors (Lipinski definition) is 0. The zero-order valence-electron chi connectivity index (χ0n) is 11.8. The molecule has 1 heterocycles. The van der Waals surface area contributed by atoms with Crippen LogP contribution in [-0.2, 0) is 14.3 Å². The molecule has 0 radical (unpaired) electrons. The number of methoxy groups -OCH3 is 1. The Morgan fingerprint density at radius 2 is 2.05 bits per heavy atom. The Balaban J connectivity index is 2.40. The summed E-state index contributed by atoms with van der Waals surface area (Å²) in [5, 5.41) is 0.364. The molecule has 0 aromatic heterocycles. The largest absolute Gasteiger partial charge is 0.496 e. The number of hydrogen-bond acceptors (Lipinski definition) is 5. The first-order valence-corrected chi connectivity index (χ1v) is 6.66. The summed E-state index contributed by atoms with van der Waals surface area (Å²) in [6.45, 7) is 3.19. The highest BCUT2D eigenvalue weighted by atomic mass is 35.5. The molecule has 0 saturated carbocycles. The summed E-state index contributed by atoms with van der Waals surface area (Å²) in [5.74, 6) is -1.49. The van der Waals surface area contributed by atoms with Crippen molar-refractivity contribution in [3.8, 4) is 5.75 Å². The highest BCUT2D eigenvalue weighted by Crippen LogP contribution is 2.35. The molecule has 1 aromatic carbocycles. The minimum atomic E-state index is -1.23. The zero-order chi connectivity index (χ0) is 15.7. The van der Waals surface area contributed by atoms with Gasteiger partial charge >= 0.3 is 6.09 Å². The van der Waals surface area contributed by atoms with Crippen molar-refractivity contribution in [2.45, 2.75) is 20.0 Å². The average molecular weight is 312 g/mol. The topological polar surface area (TPSA) is 72.9 Å². The fraction of sp³-hybridized carbons (Fsp3) is 0.357. The number of amides is 3. The van der Waals surface area contributed by atoms with Crippen molar-refractivity contribution in [2.24, 2.45) is 5.92 Å². The molecule has 1 aromatic rings. The first-order chi connectivity index (χ1) is 9.86. The zero-order valence-corrected chi connectivity index (χ0v) is 12.5. The molecular formula is C14H14ClNO5. The maximum atomic E-state index is 12.3. The van der Waals surface area contributed by atoms with Crippen molar-refractivity contribution in [2.75, 3.05) is 7.11 Å². The van der Waals surface area contributed by atoms with E-state index >= 15 is 0 Å². The highest BCUT2D eigenvalue weighted by molar-refractivity contribution is 6.30. The van der Waals surface area contributed by atoms with E-state index in [2.05, 4.69) is 0 Å². The normalized spacial score (nSPS) is 18.1. The molecule has 0 bridgehead atoms. The van der Waals surface area contributed by atoms with Gasteiger partial charge in [0.05, 0.1) is 7.11 Å². The van der Waals surface area contributed by atoms with Crippen molar-refractivity contribution < 1.29 is 23.9 Å². The van der Waals surface area contributed by atoms with Crippen LogP contribution in [0.4, 0.5) is 4.79 Å². The van der Waals surface area contributed by atoms with Crippen molar-refractivity contribution in [3.05, 3.63) is 28.8 Å². The van der Waals surface area contributed by atoms with Gasteiger partial charge in [-0.3, -0.25) is 9.59 Å². The fourth-order valence-electron chi connectivity index (χ4n) is 1.97. The molecule has 1 aliphatic rings. The van der Waals surface area contributed by atoms with Gasteiger partial charge in [-0.05, 0) is 18.2 Å². The van der Waals surface area contributed by atoms with Crippen LogP contribution in [0.2, 0.25) is 5.02 Å². The number of ether oxygens (including phenoxy) is 2. The summed E-state index contributed by atoms with van der Waals surface area (Å²) in [7, 11) is 1.42. The molecule has 1 fully saturated rings. The SMILES string of the molecule is COc1ccc(Cl)cc1C1OC(=O)N(C(=O)C(C)C)C1=O. The van der Waals surface area contributed by atoms with Crippen molar-refractivity contribution in [3.63, 3.8) is 0 Å². The Morgan fingerprint density at radius 1 is 1.38 bits per heavy atom. The van der Waals surface area contributed by atoms with Crippen LogP contribution < -0.4 is 4.74 Å². The Kier molecular flexibility index (Phi) is 4.18. The first kappa shape index (κ1) is 15.3. The number of cyclic esters (lactones) is 1. The van der Waals surface area contributed by atoms with Gasteiger partial charge in [-0.25, -0.2) is 4.79 Å². The van der Waals surface area contributed by atoms with Gasteiger partial charge in [0.25, 0.3) is 5.91 Å². The van der Waals surface area contributed by atoms with E-state index in [0.29, 0.717) is 21.2 Å². The molecule has 0 N–H and O–H groups in total. The van der Waals surface area contributed by atoms with Gasteiger partial charge in [0, 0.05) is 16.5 Å². The molecule has 1 saturated heterocycles. The maximum Gasteiger partial charge on any atom is 0.424 e. The molecule has 6 nitrogen and oxygen atoms in total. The molecule has 1 unspecified atom stereocenters. The fourth-order valence-corrected chi connectivity index (χ4v) is 2.16. The summed E-state index contributed by atoms with van der Waals surface area (Å²) >= 11 is 5.90. The Labute approximate surface area is 126 Å². The lowest BCUT2D eigenvalue weighted by Crippen LogP contribution is -2.38. The summed E-state index contributed by atoms with van der Waals surface area (Å²) in [4.78, 5) is 36.5. The van der Waals surface area contributed by atoms with Crippen LogP contribution in [0, 0.1) is 5.92 Å². The van der Waals surface area contributed by atoms with Gasteiger partial charge in [-0.2, -0.15) is 4.90 Å². The third kappa shape index (κ3) is 2.71. The third-order valence-corrected chi connectivity index (χ3v) is 3.27. The average Bonchev–Trinajstić information content (AvgIpc) is 2.73. The van der Waals surface area contributed by atoms with Crippen LogP contribution in [0.3, 0.4) is 0 Å². The number of carbonyl (C=O) groups excluding carboxylic acids is 3. The summed E-state index contributed by atoms with van der Waals surface area (Å²) in [6, 6.07) is 4.62. The third-order valence-electron chi connectivity index (χ3n) is 3.03. The highest BCUT2D eigenvalue weighted by Gasteiger charge is 2.46. The lowest BCUT2D eigenvalue weighted by Gasteiger charge is -2.13. The van der Waals surface area contributed by atoms with Crippen LogP contribution in [0.25, 0.3) is 0 Å². The number of halogens is 1. The molecule has 7 heteroatoms. The van der Waals surface area contributed by atoms with Gasteiger partial charge in [-0.15, -0.1) is 0 Å². The molecule has 0 spiro atoms. The monoisotopic (exact) mass is 311 g/mol. The van der Waals surface area contributed by atoms with Gasteiger partial charge in [-0.1, -0.05) is 25.4 Å². The molecule has 1 aliphatic heterocycles. The second-order valence-electron chi connectivity index (χ2n) is 4.82. The van der Waals surface area contributed by atoms with E-state index in [1.807, 2.05) is 0 Å². The van der Waals surface area contributed by atoms with Crippen LogP contribution in [0.15, 0.2) is 18.2 Å². The maximum absolute atomic E-state index is 12.3. The lowest BCUT2D eigenvalue weighted by atomic mass is 10.1. The smallest absolute Gasteiger partial charge is 0.424 e. The summed E-state index contributed by atoms with van der Waals surface area (Å²) in [5.41, 5.74) is 0.308. The van der Waals surface area contributed by atoms with Crippen LogP contribution >= 0.6 is 11.6 Å². The summed E-state index contributed by atoms with van der Waals surface area (Å²) in [6.07, 6.45) is -2.21. The number of rotatable bonds is 3. The Morgan fingerprint density at radius 3 is 2.62 bits per heavy atom. The minimum absolute atomic E-state index is 0.308. The van der Waals surface area contributed by atoms with Crippen LogP contribution in [0.1, 0.15) is 25.5 Å². The van der Waals surface area contributed by atoms with E-state index in [9.17, 15) is 14.4 Å². The lowest BCUT2D eigenvalue weighted by molar-refractivity contribution is -0.142. The summed E-state index contributed by atoms with van der Waals surface area (Å²) < 4.78 is 10.2. The quantitative estimate of drug-likeness (QED) is 0.857. The van der Waals surface area contributed by atoms with E-state index in [1.165, 1.54) is 13.2 Å². The van der Waals surface area contributed by atoms with E-state index < -0.39 is 29.9 Å². The van der Waals surface area contributed by atoms with Gasteiger partial charge < -0.3 is 9.47 Å². The number of imide groups is 3. The van der Waals surface area contributed by atoms with E-state index in [-0.39, 0.29) is 0 Å². The minimum Gasteiger partial charge on any atom is -0.496 e. The number of benzene rings is 1. The van der Waals surface area contributed by atoms with Crippen molar-refractivity contribution in [1.82, 2.24) is 4.90 Å². The Bertz CT molecular complexity index is 613. The van der Waals surface area contributed by atoms with Crippen LogP contribution in [-0.4, -0.2) is 29.9 Å². The first-order valence-electron chi connectivity index (χ1n) is 6.28. The second-order valence-corrected chi connectivity index (χ2v) is 5.25. The van der Waals surface area contributed by atoms with E-state index in [0.717, 1.165) is 0 Å². The standard InChI is InChI=1S/C14H14ClNO5/c1-7(2)12(17)16-13(18)11(21-14(16)19)9-6-8(15)4-5-10(9)20-3/h4-7,11H,1-3H3. The number of carbonyl (C=O) groups is 3. The van der Waals surface area contributed by atoms with Gasteiger partial charge in [0.2, 0.25) is 12.0 Å². The van der Waals surface area contributed by atoms with Crippen molar-refractivity contribution in [1.29, 1.82) is 0 Å². The molecule has 3 amide bonds. The van der Waals surface area contributed by atoms with Crippen LogP contribution in [0.5, 0.6) is 5.75 Å². The Hall–Kier alpha value is -2.08. The van der Waals surface area contributed by atoms with Gasteiger partial charge in [0.1, 0.15) is 5.75 Å². The number of nitrogens with zero attached hydrogens (tertiary/aromatic N) is 1. The van der Waals surface area contributed by atoms with Gasteiger partial charge in [0.15, 0.2) is 0 Å². The predicted octanol–water partition coefficient (Wildman–Crippen LogP) is 2.55. The molecule has 0 aliphatic carbocycles. The second kappa shape index (κ2) is 5.73. The molecule has 112 valence electrons. The van der Waals surface area contributed by atoms with E-state index in [1.54, 1.807) is 26.0 Å². The van der Waals surface area contributed by atoms with Crippen molar-refractivity contribution >= 4 is 29.5 Å². The molecule has 1 atom stereocenters.